The van der Waals surface area contributed by atoms with Gasteiger partial charge in [-0.2, -0.15) is 8.78 Å². The van der Waals surface area contributed by atoms with Crippen molar-refractivity contribution in [2.45, 2.75) is 57.2 Å². The van der Waals surface area contributed by atoms with Gasteiger partial charge in [0.05, 0.1) is 34.0 Å². The molecule has 5 fully saturated rings. The molecular formula is C39H36Cl2F2N4O6. The van der Waals surface area contributed by atoms with Crippen LogP contribution in [0.4, 0.5) is 19.3 Å². The molecule has 53 heavy (non-hydrogen) atoms. The number of hydrogen-bond donors (Lipinski definition) is 0. The Morgan fingerprint density at radius 2 is 1.70 bits per heavy atom. The van der Waals surface area contributed by atoms with Crippen LogP contribution < -0.4 is 14.4 Å². The number of rotatable bonds is 13. The van der Waals surface area contributed by atoms with E-state index in [9.17, 15) is 18.4 Å². The molecule has 3 saturated heterocycles. The third-order valence-corrected chi connectivity index (χ3v) is 11.2. The van der Waals surface area contributed by atoms with Gasteiger partial charge in [0.25, 0.3) is 0 Å². The minimum Gasteiger partial charge on any atom is -0.486 e. The number of pyridine rings is 2. The second-order valence-electron chi connectivity index (χ2n) is 14.0. The Balaban J connectivity index is 1.01. The van der Waals surface area contributed by atoms with E-state index >= 15 is 0 Å². The molecule has 276 valence electrons. The summed E-state index contributed by atoms with van der Waals surface area (Å²) in [4.78, 5) is 39.4. The van der Waals surface area contributed by atoms with Crippen LogP contribution in [0.3, 0.4) is 0 Å². The molecule has 2 aromatic carbocycles. The summed E-state index contributed by atoms with van der Waals surface area (Å²) in [5, 5.41) is 0.556. The number of amides is 1. The highest BCUT2D eigenvalue weighted by Crippen LogP contribution is 2.64. The zero-order valence-corrected chi connectivity index (χ0v) is 30.0. The second-order valence-corrected chi connectivity index (χ2v) is 14.8. The molecule has 4 atom stereocenters. The van der Waals surface area contributed by atoms with E-state index in [1.807, 2.05) is 0 Å². The maximum atomic E-state index is 13.7. The zero-order chi connectivity index (χ0) is 36.6. The molecule has 2 aromatic heterocycles. The first-order chi connectivity index (χ1) is 25.7. The van der Waals surface area contributed by atoms with Crippen LogP contribution in [0.5, 0.6) is 11.5 Å². The minimum atomic E-state index is -3.05. The fourth-order valence-corrected chi connectivity index (χ4v) is 7.75. The molecule has 4 aromatic rings. The third-order valence-electron chi connectivity index (χ3n) is 10.6. The van der Waals surface area contributed by atoms with Gasteiger partial charge >= 0.3 is 18.7 Å². The third kappa shape index (κ3) is 8.05. The largest absolute Gasteiger partial charge is 0.486 e. The zero-order valence-electron chi connectivity index (χ0n) is 28.5. The van der Waals surface area contributed by atoms with E-state index in [-0.39, 0.29) is 52.3 Å². The summed E-state index contributed by atoms with van der Waals surface area (Å²) in [6, 6.07) is 14.8. The van der Waals surface area contributed by atoms with Crippen LogP contribution in [0, 0.1) is 17.8 Å². The molecule has 2 bridgehead atoms. The molecular weight excluding hydrogens is 729 g/mol. The number of halogens is 4. The van der Waals surface area contributed by atoms with Crippen molar-refractivity contribution in [3.8, 4) is 11.5 Å². The SMILES string of the molecule is O=C(O[C@@H](Cc1c(Cl)cncc1Cl)c1ccc(OC(F)F)c(OC2C3CC32)c1)c1ccc(CN(C(=O)O[C@H]2CN3CCC2CC3)c2cccnc2)cc1. The molecule has 2 unspecified atom stereocenters. The first-order valence-corrected chi connectivity index (χ1v) is 18.4. The van der Waals surface area contributed by atoms with Crippen molar-refractivity contribution in [3.05, 3.63) is 112 Å². The van der Waals surface area contributed by atoms with Crippen molar-refractivity contribution in [2.24, 2.45) is 17.8 Å². The lowest BCUT2D eigenvalue weighted by Crippen LogP contribution is -2.53. The van der Waals surface area contributed by atoms with Gasteiger partial charge in [-0.25, -0.2) is 9.59 Å². The Bertz CT molecular complexity index is 1940. The van der Waals surface area contributed by atoms with Gasteiger partial charge in [0, 0.05) is 43.4 Å². The van der Waals surface area contributed by atoms with Crippen LogP contribution >= 0.6 is 23.2 Å². The van der Waals surface area contributed by atoms with Crippen molar-refractivity contribution in [3.63, 3.8) is 0 Å². The van der Waals surface area contributed by atoms with Crippen molar-refractivity contribution in [1.29, 1.82) is 0 Å². The number of fused-ring (bicyclic) bond motifs is 4. The Morgan fingerprint density at radius 3 is 2.32 bits per heavy atom. The molecule has 5 heterocycles. The molecule has 14 heteroatoms. The maximum Gasteiger partial charge on any atom is 0.414 e. The van der Waals surface area contributed by atoms with Crippen LogP contribution in [-0.2, 0) is 22.4 Å². The smallest absolute Gasteiger partial charge is 0.414 e. The minimum absolute atomic E-state index is 0.0508. The summed E-state index contributed by atoms with van der Waals surface area (Å²) in [5.74, 6) is 0.595. The van der Waals surface area contributed by atoms with Gasteiger partial charge in [-0.3, -0.25) is 19.8 Å². The molecule has 2 saturated carbocycles. The Hall–Kier alpha value is -4.52. The topological polar surface area (TPSA) is 103 Å². The molecule has 0 N–H and O–H groups in total. The molecule has 9 rings (SSSR count). The average molecular weight is 766 g/mol. The number of aromatic nitrogens is 2. The standard InChI is InChI=1S/C39H36Cl2F2N4O6/c40-30-18-45-19-31(41)29(30)16-33(25-7-8-32(52-38(42)43)34(14-25)50-36-27-15-28(27)36)51-37(48)24-5-3-22(4-6-24)20-47(26-2-1-11-44-17-26)39(49)53-35-21-46-12-9-23(35)10-13-46/h1-8,11,14,17-19,23,27-28,33,35-36,38H,9-10,12-13,15-16,20-21H2/t27?,28?,33-,35-,36?/m0/s1. The van der Waals surface area contributed by atoms with E-state index in [1.54, 1.807) is 65.8 Å². The van der Waals surface area contributed by atoms with Crippen LogP contribution in [0.1, 0.15) is 52.4 Å². The van der Waals surface area contributed by atoms with Crippen molar-refractivity contribution in [2.75, 3.05) is 24.5 Å². The number of piperidine rings is 3. The van der Waals surface area contributed by atoms with Gasteiger partial charge in [-0.1, -0.05) is 41.4 Å². The summed E-state index contributed by atoms with van der Waals surface area (Å²) >= 11 is 12.9. The number of carbonyl (C=O) groups excluding carboxylic acids is 2. The lowest BCUT2D eigenvalue weighted by atomic mass is 9.86. The summed E-state index contributed by atoms with van der Waals surface area (Å²) in [5.41, 5.74) is 2.55. The predicted octanol–water partition coefficient (Wildman–Crippen LogP) is 8.16. The van der Waals surface area contributed by atoms with Gasteiger partial charge in [-0.05, 0) is 91.4 Å². The lowest BCUT2D eigenvalue weighted by Gasteiger charge is -2.44. The Labute approximate surface area is 314 Å². The van der Waals surface area contributed by atoms with E-state index in [4.69, 9.17) is 42.1 Å². The van der Waals surface area contributed by atoms with Gasteiger partial charge in [0.1, 0.15) is 18.3 Å². The van der Waals surface area contributed by atoms with E-state index < -0.39 is 24.8 Å². The van der Waals surface area contributed by atoms with Crippen LogP contribution in [0.2, 0.25) is 10.0 Å². The molecule has 2 aliphatic carbocycles. The molecule has 0 radical (unpaired) electrons. The Kier molecular flexibility index (Phi) is 10.1. The number of hydrogen-bond acceptors (Lipinski definition) is 9. The number of carbonyl (C=O) groups is 2. The monoisotopic (exact) mass is 764 g/mol. The quantitative estimate of drug-likeness (QED) is 0.125. The van der Waals surface area contributed by atoms with Crippen molar-refractivity contribution in [1.82, 2.24) is 14.9 Å². The van der Waals surface area contributed by atoms with Crippen LogP contribution in [-0.4, -0.2) is 65.4 Å². The van der Waals surface area contributed by atoms with Crippen LogP contribution in [0.25, 0.3) is 0 Å². The number of benzene rings is 2. The van der Waals surface area contributed by atoms with Gasteiger partial charge < -0.3 is 18.9 Å². The van der Waals surface area contributed by atoms with E-state index in [2.05, 4.69) is 14.9 Å². The predicted molar refractivity (Wildman–Crippen MR) is 191 cm³/mol. The van der Waals surface area contributed by atoms with Gasteiger partial charge in [-0.15, -0.1) is 0 Å². The second kappa shape index (κ2) is 15.1. The molecule has 3 aliphatic heterocycles. The maximum absolute atomic E-state index is 13.7. The van der Waals surface area contributed by atoms with Gasteiger partial charge in [0.15, 0.2) is 11.5 Å². The number of anilines is 1. The number of esters is 1. The first-order valence-electron chi connectivity index (χ1n) is 17.6. The van der Waals surface area contributed by atoms with E-state index in [1.165, 1.54) is 18.5 Å². The highest BCUT2D eigenvalue weighted by molar-refractivity contribution is 6.35. The summed E-state index contributed by atoms with van der Waals surface area (Å²) < 4.78 is 49.5. The summed E-state index contributed by atoms with van der Waals surface area (Å²) in [6.45, 7) is -0.0648. The highest BCUT2D eigenvalue weighted by atomic mass is 35.5. The first kappa shape index (κ1) is 35.5. The molecule has 10 nitrogen and oxygen atoms in total. The lowest BCUT2D eigenvalue weighted by molar-refractivity contribution is -0.0518. The summed E-state index contributed by atoms with van der Waals surface area (Å²) in [7, 11) is 0. The van der Waals surface area contributed by atoms with E-state index in [0.717, 1.165) is 44.5 Å². The van der Waals surface area contributed by atoms with Crippen molar-refractivity contribution < 1.29 is 37.3 Å². The molecule has 0 spiro atoms. The highest BCUT2D eigenvalue weighted by Gasteiger charge is 2.67. The fourth-order valence-electron chi connectivity index (χ4n) is 7.23. The molecule has 1 amide bonds. The number of alkyl halides is 2. The number of ether oxygens (including phenoxy) is 4. The molecule has 5 aliphatic rings. The normalized spacial score (nSPS) is 24.2. The van der Waals surface area contributed by atoms with Gasteiger partial charge in [0.2, 0.25) is 0 Å². The van der Waals surface area contributed by atoms with E-state index in [0.29, 0.717) is 34.6 Å². The average Bonchev–Trinajstić information content (AvgIpc) is 4.09. The fraction of sp³-hybridized carbons (Fsp3) is 0.385. The Morgan fingerprint density at radius 1 is 0.943 bits per heavy atom. The summed E-state index contributed by atoms with van der Waals surface area (Å²) in [6.07, 6.45) is 7.66. The van der Waals surface area contributed by atoms with Crippen molar-refractivity contribution >= 4 is 41.0 Å². The van der Waals surface area contributed by atoms with Crippen LogP contribution in [0.15, 0.2) is 79.4 Å². The number of nitrogens with zero attached hydrogens (tertiary/aromatic N) is 4.